The average Bonchev–Trinajstić information content (AvgIpc) is 2.22. The summed E-state index contributed by atoms with van der Waals surface area (Å²) in [6.07, 6.45) is 1.77. The lowest BCUT2D eigenvalue weighted by molar-refractivity contribution is -0.146. The number of methoxy groups -OCH3 is 1. The quantitative estimate of drug-likeness (QED) is 0.443. The van der Waals surface area contributed by atoms with E-state index in [1.165, 1.54) is 14.0 Å². The average molecular weight is 321 g/mol. The van der Waals surface area contributed by atoms with Gasteiger partial charge in [0.25, 0.3) is 0 Å². The Bertz CT molecular complexity index is 319. The summed E-state index contributed by atoms with van der Waals surface area (Å²) < 4.78 is 6.27. The van der Waals surface area contributed by atoms with Crippen LogP contribution in [0.25, 0.3) is 4.85 Å². The van der Waals surface area contributed by atoms with E-state index in [4.69, 9.17) is 6.57 Å². The van der Waals surface area contributed by atoms with Crippen molar-refractivity contribution < 1.29 is 14.3 Å². The monoisotopic (exact) mass is 321 g/mol. The predicted molar refractivity (Wildman–Crippen MR) is 64.4 cm³/mol. The standard InChI is InChI=1S/C10H12INO3/c1-8(13)7-10(12-2,5-4-6-11)9(14)15-3/h4,6H,5,7H2,1,3H3/t10-/m1/s1. The third-order valence-corrected chi connectivity index (χ3v) is 2.37. The second-order valence-electron chi connectivity index (χ2n) is 3.08. The van der Waals surface area contributed by atoms with Crippen molar-refractivity contribution in [2.45, 2.75) is 25.3 Å². The molecule has 0 radical (unpaired) electrons. The molecule has 0 rings (SSSR count). The van der Waals surface area contributed by atoms with Crippen molar-refractivity contribution in [3.8, 4) is 0 Å². The first kappa shape index (κ1) is 14.1. The maximum Gasteiger partial charge on any atom is 0.393 e. The summed E-state index contributed by atoms with van der Waals surface area (Å²) in [7, 11) is 1.22. The maximum absolute atomic E-state index is 11.5. The summed E-state index contributed by atoms with van der Waals surface area (Å²) in [6, 6.07) is 0. The van der Waals surface area contributed by atoms with E-state index in [1.807, 2.05) is 22.6 Å². The fourth-order valence-electron chi connectivity index (χ4n) is 1.20. The third-order valence-electron chi connectivity index (χ3n) is 1.87. The lowest BCUT2D eigenvalue weighted by Gasteiger charge is -2.15. The molecule has 5 heteroatoms. The molecular weight excluding hydrogens is 309 g/mol. The third kappa shape index (κ3) is 4.00. The minimum Gasteiger partial charge on any atom is -0.463 e. The van der Waals surface area contributed by atoms with E-state index in [-0.39, 0.29) is 18.6 Å². The summed E-state index contributed by atoms with van der Waals surface area (Å²) >= 11 is 1.99. The molecule has 0 spiro atoms. The van der Waals surface area contributed by atoms with Crippen LogP contribution in [-0.4, -0.2) is 24.4 Å². The summed E-state index contributed by atoms with van der Waals surface area (Å²) in [5.41, 5.74) is -1.39. The van der Waals surface area contributed by atoms with Gasteiger partial charge < -0.3 is 4.74 Å². The Kier molecular flexibility index (Phi) is 6.17. The van der Waals surface area contributed by atoms with E-state index >= 15 is 0 Å². The molecule has 0 saturated carbocycles. The van der Waals surface area contributed by atoms with Gasteiger partial charge in [-0.25, -0.2) is 11.4 Å². The summed E-state index contributed by atoms with van der Waals surface area (Å²) in [5, 5.41) is 0. The molecule has 0 heterocycles. The minimum atomic E-state index is -1.39. The number of esters is 1. The first-order chi connectivity index (χ1) is 7.02. The van der Waals surface area contributed by atoms with E-state index in [9.17, 15) is 9.59 Å². The van der Waals surface area contributed by atoms with Crippen molar-refractivity contribution in [2.24, 2.45) is 0 Å². The normalized spacial score (nSPS) is 14.3. The molecule has 0 aromatic rings. The highest BCUT2D eigenvalue weighted by Crippen LogP contribution is 2.24. The van der Waals surface area contributed by atoms with Crippen LogP contribution in [0.4, 0.5) is 0 Å². The number of Topliss-reactive ketones (excluding diaryl/α,β-unsaturated/α-hetero) is 1. The van der Waals surface area contributed by atoms with Crippen molar-refractivity contribution in [3.63, 3.8) is 0 Å². The Labute approximate surface area is 103 Å². The zero-order valence-corrected chi connectivity index (χ0v) is 10.8. The number of carbonyl (C=O) groups excluding carboxylic acids is 2. The van der Waals surface area contributed by atoms with Crippen LogP contribution in [0.5, 0.6) is 0 Å². The van der Waals surface area contributed by atoms with Gasteiger partial charge in [-0.15, -0.1) is 0 Å². The Morgan fingerprint density at radius 1 is 1.60 bits per heavy atom. The van der Waals surface area contributed by atoms with Crippen molar-refractivity contribution in [2.75, 3.05) is 7.11 Å². The first-order valence-electron chi connectivity index (χ1n) is 4.24. The van der Waals surface area contributed by atoms with Crippen molar-refractivity contribution in [1.29, 1.82) is 0 Å². The number of hydrogen-bond donors (Lipinski definition) is 0. The van der Waals surface area contributed by atoms with Crippen LogP contribution in [0.2, 0.25) is 0 Å². The number of nitrogens with zero attached hydrogens (tertiary/aromatic N) is 1. The molecule has 0 N–H and O–H groups in total. The highest BCUT2D eigenvalue weighted by Gasteiger charge is 2.46. The molecule has 0 aliphatic rings. The number of ether oxygens (including phenoxy) is 1. The summed E-state index contributed by atoms with van der Waals surface area (Å²) in [6.45, 7) is 8.41. The van der Waals surface area contributed by atoms with Crippen LogP contribution < -0.4 is 0 Å². The lowest BCUT2D eigenvalue weighted by Crippen LogP contribution is -2.37. The second kappa shape index (κ2) is 6.56. The molecule has 82 valence electrons. The predicted octanol–water partition coefficient (Wildman–Crippen LogP) is 2.14. The number of hydrogen-bond acceptors (Lipinski definition) is 3. The molecule has 0 aromatic heterocycles. The Balaban J connectivity index is 5.02. The highest BCUT2D eigenvalue weighted by atomic mass is 127. The van der Waals surface area contributed by atoms with E-state index in [0.29, 0.717) is 0 Å². The van der Waals surface area contributed by atoms with Gasteiger partial charge in [0.15, 0.2) is 0 Å². The number of ketones is 1. The topological polar surface area (TPSA) is 47.7 Å². The van der Waals surface area contributed by atoms with Crippen molar-refractivity contribution in [3.05, 3.63) is 21.6 Å². The van der Waals surface area contributed by atoms with Crippen molar-refractivity contribution in [1.82, 2.24) is 0 Å². The molecule has 0 amide bonds. The molecule has 0 fully saturated rings. The zero-order valence-electron chi connectivity index (χ0n) is 8.62. The Morgan fingerprint density at radius 3 is 2.53 bits per heavy atom. The molecule has 0 aliphatic carbocycles. The van der Waals surface area contributed by atoms with Crippen LogP contribution in [-0.2, 0) is 14.3 Å². The maximum atomic E-state index is 11.5. The van der Waals surface area contributed by atoms with Gasteiger partial charge in [-0.2, -0.15) is 0 Å². The van der Waals surface area contributed by atoms with Crippen LogP contribution in [0.3, 0.4) is 0 Å². The number of carbonyl (C=O) groups is 2. The molecule has 15 heavy (non-hydrogen) atoms. The minimum absolute atomic E-state index is 0.107. The Hall–Kier alpha value is -0.900. The van der Waals surface area contributed by atoms with Gasteiger partial charge in [0.2, 0.25) is 0 Å². The molecule has 0 unspecified atom stereocenters. The molecule has 0 aliphatic heterocycles. The highest BCUT2D eigenvalue weighted by molar-refractivity contribution is 14.1. The number of rotatable bonds is 5. The SMILES string of the molecule is [C-]#[N+][C@](CC=CI)(CC(C)=O)C(=O)OC. The molecule has 0 aromatic carbocycles. The van der Waals surface area contributed by atoms with Gasteiger partial charge in [0, 0.05) is 0 Å². The molecular formula is C10H12INO3. The van der Waals surface area contributed by atoms with E-state index < -0.39 is 11.5 Å². The van der Waals surface area contributed by atoms with E-state index in [0.717, 1.165) is 0 Å². The molecule has 0 bridgehead atoms. The Morgan fingerprint density at radius 2 is 2.20 bits per heavy atom. The first-order valence-corrected chi connectivity index (χ1v) is 5.48. The van der Waals surface area contributed by atoms with Crippen molar-refractivity contribution >= 4 is 34.3 Å². The largest absolute Gasteiger partial charge is 0.463 e. The second-order valence-corrected chi connectivity index (χ2v) is 3.80. The number of halogens is 1. The molecule has 1 atom stereocenters. The zero-order chi connectivity index (χ0) is 11.9. The molecule has 4 nitrogen and oxygen atoms in total. The molecule has 0 saturated heterocycles. The smallest absolute Gasteiger partial charge is 0.393 e. The summed E-state index contributed by atoms with van der Waals surface area (Å²) in [4.78, 5) is 25.8. The van der Waals surface area contributed by atoms with Crippen LogP contribution in [0.15, 0.2) is 10.2 Å². The lowest BCUT2D eigenvalue weighted by atomic mass is 9.90. The van der Waals surface area contributed by atoms with E-state index in [2.05, 4.69) is 9.58 Å². The van der Waals surface area contributed by atoms with Crippen LogP contribution in [0.1, 0.15) is 19.8 Å². The van der Waals surface area contributed by atoms with Gasteiger partial charge in [0.05, 0.1) is 20.0 Å². The van der Waals surface area contributed by atoms with Crippen LogP contribution >= 0.6 is 22.6 Å². The van der Waals surface area contributed by atoms with E-state index in [1.54, 1.807) is 10.2 Å². The van der Waals surface area contributed by atoms with Gasteiger partial charge in [-0.3, -0.25) is 9.64 Å². The van der Waals surface area contributed by atoms with Gasteiger partial charge in [-0.05, 0) is 11.0 Å². The van der Waals surface area contributed by atoms with Crippen LogP contribution in [0, 0.1) is 6.57 Å². The van der Waals surface area contributed by atoms with Gasteiger partial charge >= 0.3 is 11.5 Å². The van der Waals surface area contributed by atoms with Gasteiger partial charge in [-0.1, -0.05) is 28.7 Å². The summed E-state index contributed by atoms with van der Waals surface area (Å²) in [5.74, 6) is -0.847. The fraction of sp³-hybridized carbons (Fsp3) is 0.500. The van der Waals surface area contributed by atoms with Gasteiger partial charge in [0.1, 0.15) is 5.78 Å². The fourth-order valence-corrected chi connectivity index (χ4v) is 1.45.